The molecule has 0 bridgehead atoms. The fraction of sp³-hybridized carbons (Fsp3) is 0.842. The summed E-state index contributed by atoms with van der Waals surface area (Å²) in [4.78, 5) is 35.2. The van der Waals surface area contributed by atoms with E-state index in [4.69, 9.17) is 14.2 Å². The highest BCUT2D eigenvalue weighted by atomic mass is 16.7. The summed E-state index contributed by atoms with van der Waals surface area (Å²) < 4.78 is 17.0. The van der Waals surface area contributed by atoms with E-state index in [2.05, 4.69) is 16.0 Å². The molecule has 2 heterocycles. The molecule has 2 saturated heterocycles. The number of hydrogen-bond acceptors (Lipinski definition) is 11. The molecular formula is C19H33N3O11. The summed E-state index contributed by atoms with van der Waals surface area (Å²) in [6, 6.07) is -2.48. The van der Waals surface area contributed by atoms with Crippen LogP contribution in [0.5, 0.6) is 0 Å². The van der Waals surface area contributed by atoms with E-state index in [0.717, 1.165) is 6.92 Å². The van der Waals surface area contributed by atoms with Gasteiger partial charge in [0.25, 0.3) is 0 Å². The van der Waals surface area contributed by atoms with Gasteiger partial charge in [-0.3, -0.25) is 14.4 Å². The predicted molar refractivity (Wildman–Crippen MR) is 108 cm³/mol. The van der Waals surface area contributed by atoms with Crippen molar-refractivity contribution in [3.05, 3.63) is 0 Å². The molecule has 0 saturated carbocycles. The molecule has 33 heavy (non-hydrogen) atoms. The van der Waals surface area contributed by atoms with Crippen LogP contribution in [0.2, 0.25) is 0 Å². The first-order valence-corrected chi connectivity index (χ1v) is 10.6. The van der Waals surface area contributed by atoms with Crippen molar-refractivity contribution in [2.24, 2.45) is 0 Å². The van der Waals surface area contributed by atoms with Crippen molar-refractivity contribution < 1.29 is 54.1 Å². The second kappa shape index (κ2) is 12.0. The van der Waals surface area contributed by atoms with Gasteiger partial charge in [-0.15, -0.1) is 0 Å². The molecule has 0 radical (unpaired) electrons. The van der Waals surface area contributed by atoms with E-state index in [1.54, 1.807) is 6.92 Å². The molecule has 10 atom stereocenters. The van der Waals surface area contributed by atoms with E-state index in [1.807, 2.05) is 0 Å². The van der Waals surface area contributed by atoms with E-state index >= 15 is 0 Å². The molecule has 2 rings (SSSR count). The lowest BCUT2D eigenvalue weighted by atomic mass is 9.94. The molecule has 0 aromatic carbocycles. The Bertz CT molecular complexity index is 696. The standard InChI is InChI=1S/C19H33N3O11/c1-4-11(27)22-18-12(20-7(2)25)16(30)17(10(6-24)31-18)33-19-13(21-8(3)26)15(29)14(28)9(5-23)32-19/h9-10,12-19,23-24,28-30H,4-6H2,1-3H3,(H,20,25)(H,21,26)(H,22,27). The third-order valence-corrected chi connectivity index (χ3v) is 5.43. The molecule has 14 nitrogen and oxygen atoms in total. The molecule has 0 aromatic rings. The molecule has 2 aliphatic heterocycles. The second-order valence-electron chi connectivity index (χ2n) is 7.95. The van der Waals surface area contributed by atoms with Crippen LogP contribution in [-0.2, 0) is 28.6 Å². The molecule has 10 unspecified atom stereocenters. The number of aliphatic hydroxyl groups is 5. The second-order valence-corrected chi connectivity index (χ2v) is 7.95. The SMILES string of the molecule is CCC(=O)NC1OC(CO)C(OC2OC(CO)C(O)C(O)C2NC(C)=O)C(O)C1NC(C)=O. The first kappa shape index (κ1) is 27.3. The molecule has 8 N–H and O–H groups in total. The van der Waals surface area contributed by atoms with Crippen LogP contribution >= 0.6 is 0 Å². The third kappa shape index (κ3) is 6.58. The minimum atomic E-state index is -1.60. The van der Waals surface area contributed by atoms with Crippen molar-refractivity contribution in [3.8, 4) is 0 Å². The summed E-state index contributed by atoms with van der Waals surface area (Å²) in [5.74, 6) is -1.55. The van der Waals surface area contributed by atoms with Crippen LogP contribution < -0.4 is 16.0 Å². The predicted octanol–water partition coefficient (Wildman–Crippen LogP) is -4.58. The summed E-state index contributed by atoms with van der Waals surface area (Å²) in [6.45, 7) is 2.60. The summed E-state index contributed by atoms with van der Waals surface area (Å²) in [5.41, 5.74) is 0. The van der Waals surface area contributed by atoms with Crippen molar-refractivity contribution >= 4 is 17.7 Å². The smallest absolute Gasteiger partial charge is 0.221 e. The minimum absolute atomic E-state index is 0.101. The van der Waals surface area contributed by atoms with Crippen LogP contribution in [-0.4, -0.2) is 118 Å². The summed E-state index contributed by atoms with van der Waals surface area (Å²) in [6.07, 6.45) is -11.1. The van der Waals surface area contributed by atoms with E-state index in [9.17, 15) is 39.9 Å². The molecule has 14 heteroatoms. The van der Waals surface area contributed by atoms with Gasteiger partial charge in [0.15, 0.2) is 12.5 Å². The van der Waals surface area contributed by atoms with Crippen LogP contribution in [0.25, 0.3) is 0 Å². The molecular weight excluding hydrogens is 446 g/mol. The quantitative estimate of drug-likeness (QED) is 0.166. The van der Waals surface area contributed by atoms with Gasteiger partial charge in [-0.2, -0.15) is 0 Å². The Morgan fingerprint density at radius 1 is 0.818 bits per heavy atom. The van der Waals surface area contributed by atoms with Crippen LogP contribution in [0, 0.1) is 0 Å². The average Bonchev–Trinajstić information content (AvgIpc) is 2.76. The number of nitrogens with one attached hydrogen (secondary N) is 3. The van der Waals surface area contributed by atoms with Gasteiger partial charge in [0, 0.05) is 20.3 Å². The molecule has 2 aliphatic rings. The average molecular weight is 479 g/mol. The van der Waals surface area contributed by atoms with Crippen molar-refractivity contribution in [1.29, 1.82) is 0 Å². The van der Waals surface area contributed by atoms with Gasteiger partial charge >= 0.3 is 0 Å². The van der Waals surface area contributed by atoms with Gasteiger partial charge < -0.3 is 55.7 Å². The van der Waals surface area contributed by atoms with Crippen molar-refractivity contribution in [1.82, 2.24) is 16.0 Å². The molecule has 190 valence electrons. The molecule has 0 spiro atoms. The highest BCUT2D eigenvalue weighted by Gasteiger charge is 2.51. The highest BCUT2D eigenvalue weighted by Crippen LogP contribution is 2.29. The normalized spacial score (nSPS) is 38.9. The zero-order chi connectivity index (χ0) is 24.9. The van der Waals surface area contributed by atoms with Crippen molar-refractivity contribution in [2.45, 2.75) is 88.4 Å². The largest absolute Gasteiger partial charge is 0.394 e. The van der Waals surface area contributed by atoms with Crippen LogP contribution in [0.4, 0.5) is 0 Å². The van der Waals surface area contributed by atoms with E-state index in [0.29, 0.717) is 0 Å². The maximum Gasteiger partial charge on any atom is 0.221 e. The number of ether oxygens (including phenoxy) is 3. The summed E-state index contributed by atoms with van der Waals surface area (Å²) >= 11 is 0. The number of carbonyl (C=O) groups excluding carboxylic acids is 3. The molecule has 2 fully saturated rings. The van der Waals surface area contributed by atoms with Gasteiger partial charge in [-0.1, -0.05) is 6.92 Å². The number of aliphatic hydroxyl groups excluding tert-OH is 5. The van der Waals surface area contributed by atoms with Gasteiger partial charge in [0.05, 0.1) is 13.2 Å². The van der Waals surface area contributed by atoms with Gasteiger partial charge in [-0.25, -0.2) is 0 Å². The molecule has 0 aromatic heterocycles. The molecule has 3 amide bonds. The number of rotatable bonds is 8. The Balaban J connectivity index is 2.32. The van der Waals surface area contributed by atoms with Gasteiger partial charge in [0.2, 0.25) is 17.7 Å². The fourth-order valence-corrected chi connectivity index (χ4v) is 3.79. The number of carbonyl (C=O) groups is 3. The zero-order valence-corrected chi connectivity index (χ0v) is 18.6. The Hall–Kier alpha value is -1.91. The summed E-state index contributed by atoms with van der Waals surface area (Å²) in [5, 5.41) is 58.2. The minimum Gasteiger partial charge on any atom is -0.394 e. The Labute approximate surface area is 190 Å². The Kier molecular flexibility index (Phi) is 9.93. The Morgan fingerprint density at radius 3 is 1.91 bits per heavy atom. The maximum atomic E-state index is 11.9. The van der Waals surface area contributed by atoms with Crippen LogP contribution in [0.15, 0.2) is 0 Å². The van der Waals surface area contributed by atoms with E-state index in [-0.39, 0.29) is 6.42 Å². The first-order valence-electron chi connectivity index (χ1n) is 10.6. The van der Waals surface area contributed by atoms with Crippen molar-refractivity contribution in [3.63, 3.8) is 0 Å². The van der Waals surface area contributed by atoms with Crippen LogP contribution in [0.3, 0.4) is 0 Å². The van der Waals surface area contributed by atoms with Gasteiger partial charge in [0.1, 0.15) is 48.7 Å². The fourth-order valence-electron chi connectivity index (χ4n) is 3.79. The maximum absolute atomic E-state index is 11.9. The Morgan fingerprint density at radius 2 is 1.39 bits per heavy atom. The van der Waals surface area contributed by atoms with E-state index < -0.39 is 92.2 Å². The lowest BCUT2D eigenvalue weighted by molar-refractivity contribution is -0.315. The first-order chi connectivity index (χ1) is 15.5. The van der Waals surface area contributed by atoms with E-state index in [1.165, 1.54) is 6.92 Å². The number of amides is 3. The topological polar surface area (TPSA) is 216 Å². The lowest BCUT2D eigenvalue weighted by Crippen LogP contribution is -2.71. The zero-order valence-electron chi connectivity index (χ0n) is 18.6. The van der Waals surface area contributed by atoms with Gasteiger partial charge in [-0.05, 0) is 0 Å². The van der Waals surface area contributed by atoms with Crippen molar-refractivity contribution in [2.75, 3.05) is 13.2 Å². The number of hydrogen-bond donors (Lipinski definition) is 8. The summed E-state index contributed by atoms with van der Waals surface area (Å²) in [7, 11) is 0. The highest BCUT2D eigenvalue weighted by molar-refractivity contribution is 5.76. The third-order valence-electron chi connectivity index (χ3n) is 5.43. The van der Waals surface area contributed by atoms with Crippen LogP contribution in [0.1, 0.15) is 27.2 Å². The molecule has 0 aliphatic carbocycles. The monoisotopic (exact) mass is 479 g/mol. The lowest BCUT2D eigenvalue weighted by Gasteiger charge is -2.48.